The predicted molar refractivity (Wildman–Crippen MR) is 132 cm³/mol. The number of amides is 3. The maximum Gasteiger partial charge on any atom is 0.408 e. The number of alkyl carbamates (subject to hydrolysis) is 1. The fraction of sp³-hybridized carbons (Fsp3) is 0.625. The summed E-state index contributed by atoms with van der Waals surface area (Å²) in [4.78, 5) is 40.5. The first-order valence-corrected chi connectivity index (χ1v) is 12.1. The number of nitrogens with one attached hydrogen (secondary N) is 2. The second-order valence-electron chi connectivity index (χ2n) is 8.91. The maximum atomic E-state index is 13.5. The van der Waals surface area contributed by atoms with Crippen molar-refractivity contribution in [3.05, 3.63) is 29.8 Å². The van der Waals surface area contributed by atoms with E-state index in [-0.39, 0.29) is 24.0 Å². The highest BCUT2D eigenvalue weighted by molar-refractivity contribution is 7.80. The predicted octanol–water partition coefficient (Wildman–Crippen LogP) is 3.80. The molecule has 0 saturated carbocycles. The van der Waals surface area contributed by atoms with Gasteiger partial charge in [0.15, 0.2) is 0 Å². The Hall–Kier alpha value is -2.42. The van der Waals surface area contributed by atoms with Gasteiger partial charge >= 0.3 is 6.09 Å². The van der Waals surface area contributed by atoms with Gasteiger partial charge in [0.2, 0.25) is 11.8 Å². The third-order valence-electron chi connectivity index (χ3n) is 4.74. The van der Waals surface area contributed by atoms with Gasteiger partial charge < -0.3 is 25.4 Å². The summed E-state index contributed by atoms with van der Waals surface area (Å²) in [6.45, 7) is 9.94. The summed E-state index contributed by atoms with van der Waals surface area (Å²) in [5.41, 5.74) is -0.236. The van der Waals surface area contributed by atoms with Crippen LogP contribution in [0, 0.1) is 0 Å². The van der Waals surface area contributed by atoms with E-state index >= 15 is 0 Å². The van der Waals surface area contributed by atoms with Gasteiger partial charge in [-0.3, -0.25) is 9.59 Å². The zero-order chi connectivity index (χ0) is 25.0. The van der Waals surface area contributed by atoms with Gasteiger partial charge in [-0.05, 0) is 51.3 Å². The molecule has 33 heavy (non-hydrogen) atoms. The average molecular weight is 482 g/mol. The molecule has 0 saturated heterocycles. The summed E-state index contributed by atoms with van der Waals surface area (Å²) in [6.07, 6.45) is 2.69. The van der Waals surface area contributed by atoms with E-state index in [0.29, 0.717) is 18.5 Å². The van der Waals surface area contributed by atoms with Crippen LogP contribution in [0.4, 0.5) is 4.79 Å². The number of phenols is 1. The second kappa shape index (κ2) is 14.0. The van der Waals surface area contributed by atoms with Crippen LogP contribution >= 0.6 is 12.6 Å². The summed E-state index contributed by atoms with van der Waals surface area (Å²) in [6, 6.07) is 4.36. The molecule has 0 bridgehead atoms. The summed E-state index contributed by atoms with van der Waals surface area (Å²) < 4.78 is 5.28. The smallest absolute Gasteiger partial charge is 0.408 e. The molecule has 0 fully saturated rings. The van der Waals surface area contributed by atoms with Crippen molar-refractivity contribution < 1.29 is 24.2 Å². The SMILES string of the molecule is CCCCCNC(=O)C(c1cccc(O)c1)N(CCC)C(=O)C(CS)NC(=O)OC(C)(C)C. The van der Waals surface area contributed by atoms with E-state index in [1.54, 1.807) is 32.9 Å². The summed E-state index contributed by atoms with van der Waals surface area (Å²) in [5.74, 6) is -0.760. The molecule has 2 unspecified atom stereocenters. The first-order valence-electron chi connectivity index (χ1n) is 11.5. The standard InChI is InChI=1S/C24H39N3O5S/c1-6-8-9-13-25-21(29)20(17-11-10-12-18(28)15-17)27(14-7-2)22(30)19(16-33)26-23(31)32-24(3,4)5/h10-12,15,19-20,28,33H,6-9,13-14,16H2,1-5H3,(H,25,29)(H,26,31). The summed E-state index contributed by atoms with van der Waals surface area (Å²) in [5, 5.41) is 15.5. The van der Waals surface area contributed by atoms with Crippen molar-refractivity contribution in [2.24, 2.45) is 0 Å². The van der Waals surface area contributed by atoms with Crippen LogP contribution in [0.5, 0.6) is 5.75 Å². The molecule has 2 atom stereocenters. The summed E-state index contributed by atoms with van der Waals surface area (Å²) in [7, 11) is 0. The number of phenolic OH excluding ortho intramolecular Hbond substituents is 1. The molecular weight excluding hydrogens is 442 g/mol. The number of nitrogens with zero attached hydrogens (tertiary/aromatic N) is 1. The molecule has 0 radical (unpaired) electrons. The van der Waals surface area contributed by atoms with Crippen LogP contribution in [-0.2, 0) is 14.3 Å². The van der Waals surface area contributed by atoms with E-state index in [1.165, 1.54) is 17.0 Å². The van der Waals surface area contributed by atoms with Crippen molar-refractivity contribution >= 4 is 30.5 Å². The first kappa shape index (κ1) is 28.6. The van der Waals surface area contributed by atoms with E-state index in [4.69, 9.17) is 4.74 Å². The largest absolute Gasteiger partial charge is 0.508 e. The van der Waals surface area contributed by atoms with Gasteiger partial charge in [0.25, 0.3) is 0 Å². The average Bonchev–Trinajstić information content (AvgIpc) is 2.73. The van der Waals surface area contributed by atoms with Gasteiger partial charge in [0.1, 0.15) is 23.4 Å². The highest BCUT2D eigenvalue weighted by Crippen LogP contribution is 2.26. The van der Waals surface area contributed by atoms with Crippen molar-refractivity contribution in [2.45, 2.75) is 78.0 Å². The highest BCUT2D eigenvalue weighted by Gasteiger charge is 2.35. The minimum Gasteiger partial charge on any atom is -0.508 e. The van der Waals surface area contributed by atoms with Gasteiger partial charge in [-0.1, -0.05) is 38.8 Å². The topological polar surface area (TPSA) is 108 Å². The van der Waals surface area contributed by atoms with Crippen LogP contribution < -0.4 is 10.6 Å². The fourth-order valence-corrected chi connectivity index (χ4v) is 3.54. The molecule has 0 heterocycles. The van der Waals surface area contributed by atoms with Gasteiger partial charge in [-0.2, -0.15) is 12.6 Å². The summed E-state index contributed by atoms with van der Waals surface area (Å²) >= 11 is 4.25. The Morgan fingerprint density at radius 2 is 1.85 bits per heavy atom. The molecule has 0 aliphatic carbocycles. The lowest BCUT2D eigenvalue weighted by Gasteiger charge is -2.34. The van der Waals surface area contributed by atoms with Gasteiger partial charge in [0, 0.05) is 18.8 Å². The highest BCUT2D eigenvalue weighted by atomic mass is 32.1. The van der Waals surface area contributed by atoms with Crippen molar-refractivity contribution in [2.75, 3.05) is 18.8 Å². The molecule has 3 amide bonds. The molecule has 186 valence electrons. The van der Waals surface area contributed by atoms with E-state index < -0.39 is 29.7 Å². The molecule has 0 aliphatic rings. The number of carbonyl (C=O) groups is 3. The Bertz CT molecular complexity index is 782. The number of unbranched alkanes of at least 4 members (excludes halogenated alkanes) is 2. The maximum absolute atomic E-state index is 13.5. The van der Waals surface area contributed by atoms with Gasteiger partial charge in [-0.15, -0.1) is 0 Å². The van der Waals surface area contributed by atoms with Crippen LogP contribution in [0.25, 0.3) is 0 Å². The minimum absolute atomic E-state index is 0.00203. The van der Waals surface area contributed by atoms with Crippen LogP contribution in [0.2, 0.25) is 0 Å². The zero-order valence-electron chi connectivity index (χ0n) is 20.4. The minimum atomic E-state index is -0.984. The van der Waals surface area contributed by atoms with Crippen molar-refractivity contribution in [1.82, 2.24) is 15.5 Å². The third kappa shape index (κ3) is 9.94. The zero-order valence-corrected chi connectivity index (χ0v) is 21.3. The molecule has 1 aromatic carbocycles. The molecule has 9 heteroatoms. The number of aromatic hydroxyl groups is 1. The van der Waals surface area contributed by atoms with Crippen molar-refractivity contribution in [3.63, 3.8) is 0 Å². The van der Waals surface area contributed by atoms with E-state index in [2.05, 4.69) is 30.2 Å². The fourth-order valence-electron chi connectivity index (χ4n) is 3.29. The van der Waals surface area contributed by atoms with Crippen LogP contribution in [0.15, 0.2) is 24.3 Å². The molecule has 0 aromatic heterocycles. The second-order valence-corrected chi connectivity index (χ2v) is 9.27. The molecule has 1 rings (SSSR count). The Kier molecular flexibility index (Phi) is 12.1. The Labute approximate surface area is 202 Å². The Morgan fingerprint density at radius 1 is 1.15 bits per heavy atom. The van der Waals surface area contributed by atoms with E-state index in [1.807, 2.05) is 6.92 Å². The van der Waals surface area contributed by atoms with Crippen molar-refractivity contribution in [3.8, 4) is 5.75 Å². The molecule has 0 aliphatic heterocycles. The van der Waals surface area contributed by atoms with Crippen LogP contribution in [0.3, 0.4) is 0 Å². The molecule has 8 nitrogen and oxygen atoms in total. The number of thiol groups is 1. The quantitative estimate of drug-likeness (QED) is 0.268. The Balaban J connectivity index is 3.23. The van der Waals surface area contributed by atoms with Crippen LogP contribution in [-0.4, -0.2) is 58.4 Å². The van der Waals surface area contributed by atoms with Crippen LogP contribution in [0.1, 0.15) is 71.9 Å². The van der Waals surface area contributed by atoms with E-state index in [0.717, 1.165) is 19.3 Å². The number of rotatable bonds is 12. The van der Waals surface area contributed by atoms with Gasteiger partial charge in [-0.25, -0.2) is 4.79 Å². The molecule has 3 N–H and O–H groups in total. The van der Waals surface area contributed by atoms with Gasteiger partial charge in [0.05, 0.1) is 0 Å². The Morgan fingerprint density at radius 3 is 2.39 bits per heavy atom. The normalized spacial score (nSPS) is 13.0. The monoisotopic (exact) mass is 481 g/mol. The number of hydrogen-bond acceptors (Lipinski definition) is 6. The molecular formula is C24H39N3O5S. The first-order chi connectivity index (χ1) is 15.5. The lowest BCUT2D eigenvalue weighted by atomic mass is 10.0. The number of hydrogen-bond donors (Lipinski definition) is 4. The molecule has 0 spiro atoms. The van der Waals surface area contributed by atoms with Crippen molar-refractivity contribution in [1.29, 1.82) is 0 Å². The number of carbonyl (C=O) groups excluding carboxylic acids is 3. The molecule has 1 aromatic rings. The number of ether oxygens (including phenoxy) is 1. The number of benzene rings is 1. The lowest BCUT2D eigenvalue weighted by molar-refractivity contribution is -0.142. The van der Waals surface area contributed by atoms with E-state index in [9.17, 15) is 19.5 Å². The lowest BCUT2D eigenvalue weighted by Crippen LogP contribution is -2.54. The third-order valence-corrected chi connectivity index (χ3v) is 5.11.